The number of nitrogens with one attached hydrogen (secondary N) is 1. The van der Waals surface area contributed by atoms with Gasteiger partial charge in [0.1, 0.15) is 6.33 Å². The molecule has 37 heavy (non-hydrogen) atoms. The Bertz CT molecular complexity index is 1430. The monoisotopic (exact) mass is 505 g/mol. The lowest BCUT2D eigenvalue weighted by Gasteiger charge is -2.39. The Kier molecular flexibility index (Phi) is 6.18. The number of halogens is 1. The minimum atomic E-state index is -0.167. The van der Waals surface area contributed by atoms with Gasteiger partial charge in [-0.15, -0.1) is 0 Å². The second-order valence-electron chi connectivity index (χ2n) is 11.7. The fourth-order valence-corrected chi connectivity index (χ4v) is 6.33. The van der Waals surface area contributed by atoms with Gasteiger partial charge >= 0.3 is 0 Å². The highest BCUT2D eigenvalue weighted by Crippen LogP contribution is 2.44. The highest BCUT2D eigenvalue weighted by atomic mass is 19.1. The lowest BCUT2D eigenvalue weighted by atomic mass is 9.74. The van der Waals surface area contributed by atoms with E-state index in [9.17, 15) is 0 Å². The van der Waals surface area contributed by atoms with Crippen LogP contribution in [0, 0.1) is 17.2 Å². The van der Waals surface area contributed by atoms with Crippen LogP contribution in [0.15, 0.2) is 24.8 Å². The highest BCUT2D eigenvalue weighted by molar-refractivity contribution is 5.92. The molecule has 4 aromatic rings. The first-order chi connectivity index (χ1) is 17.9. The summed E-state index contributed by atoms with van der Waals surface area (Å²) in [5.41, 5.74) is 5.08. The minimum absolute atomic E-state index is 0.110. The van der Waals surface area contributed by atoms with E-state index in [1.54, 1.807) is 11.6 Å². The SMILES string of the molecule is COc1cc(-c2[nH]c3cnc(C4CCC(CCC5(C)COC5)CC4)c(F)c3c2C(C)C)cn2ncnc12. The van der Waals surface area contributed by atoms with Crippen LogP contribution in [-0.2, 0) is 4.74 Å². The topological polar surface area (TPSA) is 77.3 Å². The van der Waals surface area contributed by atoms with Gasteiger partial charge in [0.15, 0.2) is 17.2 Å². The van der Waals surface area contributed by atoms with Gasteiger partial charge in [0.05, 0.1) is 43.4 Å². The molecule has 1 saturated carbocycles. The van der Waals surface area contributed by atoms with Gasteiger partial charge in [-0.05, 0) is 62.0 Å². The summed E-state index contributed by atoms with van der Waals surface area (Å²) < 4.78 is 28.9. The van der Waals surface area contributed by atoms with Crippen molar-refractivity contribution in [3.05, 3.63) is 41.9 Å². The Morgan fingerprint density at radius 3 is 2.68 bits per heavy atom. The predicted octanol–water partition coefficient (Wildman–Crippen LogP) is 6.63. The molecule has 7 nitrogen and oxygen atoms in total. The number of ether oxygens (including phenoxy) is 2. The van der Waals surface area contributed by atoms with Crippen LogP contribution < -0.4 is 4.74 Å². The molecule has 5 heterocycles. The van der Waals surface area contributed by atoms with Crippen molar-refractivity contribution in [3.8, 4) is 17.0 Å². The third-order valence-electron chi connectivity index (χ3n) is 8.56. The zero-order valence-electron chi connectivity index (χ0n) is 22.2. The molecule has 1 N–H and O–H groups in total. The van der Waals surface area contributed by atoms with E-state index in [-0.39, 0.29) is 17.7 Å². The molecule has 0 bridgehead atoms. The van der Waals surface area contributed by atoms with Crippen molar-refractivity contribution in [2.75, 3.05) is 20.3 Å². The average molecular weight is 506 g/mol. The van der Waals surface area contributed by atoms with Crippen LogP contribution in [-0.4, -0.2) is 44.9 Å². The second kappa shape index (κ2) is 9.39. The van der Waals surface area contributed by atoms with E-state index in [0.717, 1.165) is 67.2 Å². The van der Waals surface area contributed by atoms with Crippen molar-refractivity contribution in [3.63, 3.8) is 0 Å². The van der Waals surface area contributed by atoms with Gasteiger partial charge in [-0.3, -0.25) is 4.98 Å². The Balaban J connectivity index is 1.31. The van der Waals surface area contributed by atoms with Crippen LogP contribution in [0.25, 0.3) is 27.8 Å². The first-order valence-electron chi connectivity index (χ1n) is 13.5. The summed E-state index contributed by atoms with van der Waals surface area (Å²) >= 11 is 0. The molecule has 0 unspecified atom stereocenters. The van der Waals surface area contributed by atoms with Crippen molar-refractivity contribution in [1.29, 1.82) is 0 Å². The number of fused-ring (bicyclic) bond motifs is 2. The van der Waals surface area contributed by atoms with E-state index < -0.39 is 0 Å². The summed E-state index contributed by atoms with van der Waals surface area (Å²) in [6, 6.07) is 1.93. The molecule has 0 spiro atoms. The van der Waals surface area contributed by atoms with Gasteiger partial charge in [0, 0.05) is 28.5 Å². The van der Waals surface area contributed by atoms with Crippen LogP contribution in [0.2, 0.25) is 0 Å². The molecule has 1 saturated heterocycles. The molecule has 0 radical (unpaired) electrons. The number of rotatable bonds is 7. The van der Waals surface area contributed by atoms with E-state index >= 15 is 4.39 Å². The van der Waals surface area contributed by atoms with E-state index in [1.165, 1.54) is 19.2 Å². The molecular weight excluding hydrogens is 469 g/mol. The first-order valence-corrected chi connectivity index (χ1v) is 13.5. The van der Waals surface area contributed by atoms with Crippen LogP contribution in [0.5, 0.6) is 5.75 Å². The summed E-state index contributed by atoms with van der Waals surface area (Å²) in [6.45, 7) is 8.33. The number of aromatic nitrogens is 5. The minimum Gasteiger partial charge on any atom is -0.493 e. The van der Waals surface area contributed by atoms with Crippen molar-refractivity contribution in [1.82, 2.24) is 24.6 Å². The largest absolute Gasteiger partial charge is 0.493 e. The van der Waals surface area contributed by atoms with Gasteiger partial charge in [-0.25, -0.2) is 13.9 Å². The summed E-state index contributed by atoms with van der Waals surface area (Å²) in [4.78, 5) is 12.4. The quantitative estimate of drug-likeness (QED) is 0.305. The maximum absolute atomic E-state index is 16.3. The molecule has 0 aromatic carbocycles. The van der Waals surface area contributed by atoms with E-state index in [1.807, 2.05) is 18.5 Å². The van der Waals surface area contributed by atoms with Crippen molar-refractivity contribution in [2.45, 2.75) is 71.1 Å². The molecule has 2 aliphatic rings. The molecule has 4 aromatic heterocycles. The number of aromatic amines is 1. The van der Waals surface area contributed by atoms with Crippen LogP contribution in [0.1, 0.15) is 82.4 Å². The maximum atomic E-state index is 16.3. The van der Waals surface area contributed by atoms with Gasteiger partial charge in [0.25, 0.3) is 0 Å². The lowest BCUT2D eigenvalue weighted by Crippen LogP contribution is -2.40. The van der Waals surface area contributed by atoms with E-state index in [2.05, 4.69) is 40.8 Å². The second-order valence-corrected chi connectivity index (χ2v) is 11.7. The molecular formula is C29H36FN5O2. The zero-order chi connectivity index (χ0) is 25.7. The van der Waals surface area contributed by atoms with Crippen molar-refractivity contribution >= 4 is 16.6 Å². The summed E-state index contributed by atoms with van der Waals surface area (Å²) in [5, 5.41) is 4.95. The lowest BCUT2D eigenvalue weighted by molar-refractivity contribution is -0.108. The number of hydrogen-bond donors (Lipinski definition) is 1. The molecule has 1 aliphatic heterocycles. The molecule has 8 heteroatoms. The van der Waals surface area contributed by atoms with Gasteiger partial charge < -0.3 is 14.5 Å². The summed E-state index contributed by atoms with van der Waals surface area (Å²) in [6.07, 6.45) is 12.0. The molecule has 0 atom stereocenters. The normalized spacial score (nSPS) is 21.6. The molecule has 0 amide bonds. The van der Waals surface area contributed by atoms with Crippen LogP contribution in [0.3, 0.4) is 0 Å². The van der Waals surface area contributed by atoms with Crippen molar-refractivity contribution < 1.29 is 13.9 Å². The third-order valence-corrected chi connectivity index (χ3v) is 8.56. The highest BCUT2D eigenvalue weighted by Gasteiger charge is 2.35. The number of H-pyrrole nitrogens is 1. The molecule has 1 aliphatic carbocycles. The number of nitrogens with zero attached hydrogens (tertiary/aromatic N) is 4. The van der Waals surface area contributed by atoms with Crippen LogP contribution >= 0.6 is 0 Å². The van der Waals surface area contributed by atoms with Crippen LogP contribution in [0.4, 0.5) is 4.39 Å². The summed E-state index contributed by atoms with van der Waals surface area (Å²) in [7, 11) is 1.62. The Labute approximate surface area is 216 Å². The fraction of sp³-hybridized carbons (Fsp3) is 0.552. The number of pyridine rings is 2. The number of hydrogen-bond acceptors (Lipinski definition) is 5. The smallest absolute Gasteiger partial charge is 0.197 e. The molecule has 2 fully saturated rings. The van der Waals surface area contributed by atoms with Gasteiger partial charge in [-0.1, -0.05) is 20.8 Å². The van der Waals surface area contributed by atoms with Crippen molar-refractivity contribution in [2.24, 2.45) is 11.3 Å². The fourth-order valence-electron chi connectivity index (χ4n) is 6.33. The standard InChI is InChI=1S/C29H36FN5O2/c1-17(2)23-24-21(34-26(23)20-11-22(36-4)28-32-16-33-35(28)13-20)12-31-27(25(24)30)19-7-5-18(6-8-19)9-10-29(3)14-37-15-29/h11-13,16-19,34H,5-10,14-15H2,1-4H3. The molecule has 196 valence electrons. The third kappa shape index (κ3) is 4.29. The zero-order valence-corrected chi connectivity index (χ0v) is 22.2. The Morgan fingerprint density at radius 2 is 2.00 bits per heavy atom. The summed E-state index contributed by atoms with van der Waals surface area (Å²) in [5.74, 6) is 1.47. The van der Waals surface area contributed by atoms with E-state index in [4.69, 9.17) is 9.47 Å². The van der Waals surface area contributed by atoms with E-state index in [0.29, 0.717) is 27.9 Å². The average Bonchev–Trinajstić information content (AvgIpc) is 3.52. The predicted molar refractivity (Wildman–Crippen MR) is 142 cm³/mol. The first kappa shape index (κ1) is 24.3. The Hall–Kier alpha value is -3.00. The number of methoxy groups -OCH3 is 1. The Morgan fingerprint density at radius 1 is 1.22 bits per heavy atom. The van der Waals surface area contributed by atoms with Gasteiger partial charge in [0.2, 0.25) is 0 Å². The maximum Gasteiger partial charge on any atom is 0.197 e. The van der Waals surface area contributed by atoms with Gasteiger partial charge in [-0.2, -0.15) is 5.10 Å². The molecule has 6 rings (SSSR count).